The van der Waals surface area contributed by atoms with Gasteiger partial charge in [-0.1, -0.05) is 6.07 Å². The first-order valence-corrected chi connectivity index (χ1v) is 5.12. The fourth-order valence-corrected chi connectivity index (χ4v) is 1.28. The van der Waals surface area contributed by atoms with Crippen molar-refractivity contribution in [2.75, 3.05) is 5.32 Å². The lowest BCUT2D eigenvalue weighted by Gasteiger charge is -2.10. The number of phenolic OH excluding ortho intramolecular Hbond substituents is 1. The maximum Gasteiger partial charge on any atom is 0.471 e. The van der Waals surface area contributed by atoms with Crippen LogP contribution in [0.5, 0.6) is 5.75 Å². The Morgan fingerprint density at radius 1 is 1.26 bits per heavy atom. The van der Waals surface area contributed by atoms with Crippen molar-refractivity contribution in [3.8, 4) is 5.75 Å². The molecule has 1 rings (SSSR count). The van der Waals surface area contributed by atoms with Crippen molar-refractivity contribution < 1.29 is 33.0 Å². The van der Waals surface area contributed by atoms with E-state index in [2.05, 4.69) is 0 Å². The molecule has 1 amide bonds. The highest BCUT2D eigenvalue weighted by Gasteiger charge is 2.39. The third kappa shape index (κ3) is 4.49. The van der Waals surface area contributed by atoms with Gasteiger partial charge in [-0.15, -0.1) is 0 Å². The fourth-order valence-electron chi connectivity index (χ4n) is 1.28. The Labute approximate surface area is 105 Å². The second-order valence-corrected chi connectivity index (χ2v) is 3.70. The number of rotatable bonds is 4. The number of nitrogens with one attached hydrogen (secondary N) is 1. The zero-order valence-electron chi connectivity index (χ0n) is 9.49. The van der Waals surface area contributed by atoms with Gasteiger partial charge in [0.1, 0.15) is 5.75 Å². The van der Waals surface area contributed by atoms with Crippen molar-refractivity contribution in [1.82, 2.24) is 0 Å². The number of amides is 1. The molecule has 0 saturated heterocycles. The lowest BCUT2D eigenvalue weighted by atomic mass is 10.1. The Hall–Kier alpha value is -2.25. The van der Waals surface area contributed by atoms with Gasteiger partial charge < -0.3 is 15.5 Å². The fraction of sp³-hybridized carbons (Fsp3) is 0.273. The van der Waals surface area contributed by atoms with Gasteiger partial charge in [0.05, 0.1) is 5.69 Å². The minimum Gasteiger partial charge on any atom is -0.506 e. The predicted octanol–water partition coefficient (Wildman–Crippen LogP) is 1.91. The third-order valence-corrected chi connectivity index (χ3v) is 2.19. The molecule has 19 heavy (non-hydrogen) atoms. The van der Waals surface area contributed by atoms with E-state index in [0.29, 0.717) is 5.56 Å². The quantitative estimate of drug-likeness (QED) is 0.734. The number of carboxylic acid groups (broad SMARTS) is 1. The number of anilines is 1. The molecule has 0 unspecified atom stereocenters. The van der Waals surface area contributed by atoms with Crippen molar-refractivity contribution in [3.63, 3.8) is 0 Å². The SMILES string of the molecule is O=C(O)CCc1ccc(O)c(NC(=O)C(F)(F)F)c1. The van der Waals surface area contributed by atoms with Gasteiger partial charge in [-0.3, -0.25) is 9.59 Å². The Balaban J connectivity index is 2.85. The maximum atomic E-state index is 12.0. The van der Waals surface area contributed by atoms with Crippen LogP contribution in [0.15, 0.2) is 18.2 Å². The minimum atomic E-state index is -5.07. The number of benzene rings is 1. The van der Waals surface area contributed by atoms with E-state index >= 15 is 0 Å². The number of alkyl halides is 3. The summed E-state index contributed by atoms with van der Waals surface area (Å²) in [4.78, 5) is 21.1. The normalized spacial score (nSPS) is 11.1. The average Bonchev–Trinajstić information content (AvgIpc) is 2.28. The van der Waals surface area contributed by atoms with Crippen LogP contribution in [-0.4, -0.2) is 28.3 Å². The van der Waals surface area contributed by atoms with Gasteiger partial charge in [-0.25, -0.2) is 0 Å². The molecule has 104 valence electrons. The third-order valence-electron chi connectivity index (χ3n) is 2.19. The van der Waals surface area contributed by atoms with E-state index in [1.165, 1.54) is 11.4 Å². The predicted molar refractivity (Wildman–Crippen MR) is 58.7 cm³/mol. The number of carboxylic acids is 1. The van der Waals surface area contributed by atoms with Crippen LogP contribution in [0.4, 0.5) is 18.9 Å². The van der Waals surface area contributed by atoms with Crippen LogP contribution in [0.2, 0.25) is 0 Å². The molecule has 0 heterocycles. The highest BCUT2D eigenvalue weighted by Crippen LogP contribution is 2.27. The summed E-state index contributed by atoms with van der Waals surface area (Å²) in [6, 6.07) is 3.55. The highest BCUT2D eigenvalue weighted by molar-refractivity contribution is 5.96. The average molecular weight is 277 g/mol. The van der Waals surface area contributed by atoms with Crippen LogP contribution < -0.4 is 5.32 Å². The lowest BCUT2D eigenvalue weighted by molar-refractivity contribution is -0.167. The number of aryl methyl sites for hydroxylation is 1. The van der Waals surface area contributed by atoms with Crippen LogP contribution in [0.3, 0.4) is 0 Å². The Bertz CT molecular complexity index is 499. The van der Waals surface area contributed by atoms with E-state index in [-0.39, 0.29) is 12.8 Å². The topological polar surface area (TPSA) is 86.6 Å². The van der Waals surface area contributed by atoms with Gasteiger partial charge in [0, 0.05) is 6.42 Å². The molecular weight excluding hydrogens is 267 g/mol. The Morgan fingerprint density at radius 2 is 1.89 bits per heavy atom. The van der Waals surface area contributed by atoms with E-state index in [1.54, 1.807) is 0 Å². The smallest absolute Gasteiger partial charge is 0.471 e. The molecule has 0 radical (unpaired) electrons. The first-order valence-electron chi connectivity index (χ1n) is 5.12. The summed E-state index contributed by atoms with van der Waals surface area (Å²) < 4.78 is 36.1. The monoisotopic (exact) mass is 277 g/mol. The second-order valence-electron chi connectivity index (χ2n) is 3.70. The molecule has 1 aromatic carbocycles. The number of carbonyl (C=O) groups excluding carboxylic acids is 1. The summed E-state index contributed by atoms with van der Waals surface area (Å²) >= 11 is 0. The molecule has 0 fully saturated rings. The van der Waals surface area contributed by atoms with E-state index in [0.717, 1.165) is 12.1 Å². The first kappa shape index (κ1) is 14.8. The number of carbonyl (C=O) groups is 2. The van der Waals surface area contributed by atoms with Crippen LogP contribution in [0, 0.1) is 0 Å². The molecule has 0 aliphatic heterocycles. The van der Waals surface area contributed by atoms with Gasteiger partial charge in [0.2, 0.25) is 0 Å². The molecule has 3 N–H and O–H groups in total. The number of aromatic hydroxyl groups is 1. The molecule has 8 heteroatoms. The van der Waals surface area contributed by atoms with Crippen molar-refractivity contribution in [2.24, 2.45) is 0 Å². The van der Waals surface area contributed by atoms with Crippen molar-refractivity contribution in [1.29, 1.82) is 0 Å². The van der Waals surface area contributed by atoms with Crippen LogP contribution in [0.1, 0.15) is 12.0 Å². The number of phenols is 1. The molecule has 0 aliphatic carbocycles. The number of hydrogen-bond acceptors (Lipinski definition) is 3. The van der Waals surface area contributed by atoms with E-state index < -0.39 is 29.5 Å². The van der Waals surface area contributed by atoms with Crippen LogP contribution in [0.25, 0.3) is 0 Å². The molecule has 5 nitrogen and oxygen atoms in total. The summed E-state index contributed by atoms with van der Waals surface area (Å²) in [5.74, 6) is -3.80. The molecule has 0 aromatic heterocycles. The number of halogens is 3. The van der Waals surface area contributed by atoms with Gasteiger partial charge in [0.25, 0.3) is 0 Å². The standard InChI is InChI=1S/C11H10F3NO4/c12-11(13,14)10(19)15-7-5-6(1-3-8(7)16)2-4-9(17)18/h1,3,5,16H,2,4H2,(H,15,19)(H,17,18). The van der Waals surface area contributed by atoms with Gasteiger partial charge in [0.15, 0.2) is 0 Å². The summed E-state index contributed by atoms with van der Waals surface area (Å²) in [5, 5.41) is 19.3. The van der Waals surface area contributed by atoms with Crippen molar-refractivity contribution in [3.05, 3.63) is 23.8 Å². The summed E-state index contributed by atoms with van der Waals surface area (Å²) in [7, 11) is 0. The molecule has 0 atom stereocenters. The van der Waals surface area contributed by atoms with Gasteiger partial charge in [-0.05, 0) is 24.1 Å². The largest absolute Gasteiger partial charge is 0.506 e. The van der Waals surface area contributed by atoms with Crippen LogP contribution in [-0.2, 0) is 16.0 Å². The minimum absolute atomic E-state index is 0.0739. The number of hydrogen-bond donors (Lipinski definition) is 3. The molecular formula is C11H10F3NO4. The molecule has 0 saturated carbocycles. The highest BCUT2D eigenvalue weighted by atomic mass is 19.4. The summed E-state index contributed by atoms with van der Waals surface area (Å²) in [6.07, 6.45) is -5.20. The Kier molecular flexibility index (Phi) is 4.36. The van der Waals surface area contributed by atoms with Gasteiger partial charge in [-0.2, -0.15) is 13.2 Å². The zero-order chi connectivity index (χ0) is 14.6. The maximum absolute atomic E-state index is 12.0. The first-order chi connectivity index (χ1) is 8.70. The van der Waals surface area contributed by atoms with Crippen LogP contribution >= 0.6 is 0 Å². The zero-order valence-corrected chi connectivity index (χ0v) is 9.49. The molecule has 0 bridgehead atoms. The Morgan fingerprint density at radius 3 is 2.42 bits per heavy atom. The molecule has 0 spiro atoms. The van der Waals surface area contributed by atoms with E-state index in [4.69, 9.17) is 5.11 Å². The summed E-state index contributed by atoms with van der Waals surface area (Å²) in [6.45, 7) is 0. The van der Waals surface area contributed by atoms with E-state index in [1.807, 2.05) is 0 Å². The molecule has 1 aromatic rings. The van der Waals surface area contributed by atoms with E-state index in [9.17, 15) is 27.9 Å². The van der Waals surface area contributed by atoms with Crippen molar-refractivity contribution in [2.45, 2.75) is 19.0 Å². The molecule has 0 aliphatic rings. The lowest BCUT2D eigenvalue weighted by Crippen LogP contribution is -2.29. The second kappa shape index (κ2) is 5.59. The number of aliphatic carboxylic acids is 1. The van der Waals surface area contributed by atoms with Gasteiger partial charge >= 0.3 is 18.1 Å². The summed E-state index contributed by atoms with van der Waals surface area (Å²) in [5.41, 5.74) is -0.0251. The van der Waals surface area contributed by atoms with Crippen molar-refractivity contribution >= 4 is 17.6 Å².